The monoisotopic (exact) mass is 326 g/mol. The Kier molecular flexibility index (Phi) is 4.37. The summed E-state index contributed by atoms with van der Waals surface area (Å²) >= 11 is 3.30. The van der Waals surface area contributed by atoms with Crippen LogP contribution in [0.1, 0.15) is 37.1 Å². The Labute approximate surface area is 120 Å². The van der Waals surface area contributed by atoms with Crippen LogP contribution in [0.5, 0.6) is 0 Å². The first kappa shape index (κ1) is 14.2. The molecular weight excluding hydrogens is 311 g/mol. The predicted octanol–water partition coefficient (Wildman–Crippen LogP) is 3.64. The van der Waals surface area contributed by atoms with E-state index in [9.17, 15) is 9.50 Å². The minimum atomic E-state index is -0.753. The molecule has 2 rings (SSSR count). The van der Waals surface area contributed by atoms with E-state index in [1.807, 2.05) is 13.8 Å². The Morgan fingerprint density at radius 1 is 1.42 bits per heavy atom. The van der Waals surface area contributed by atoms with E-state index in [2.05, 4.69) is 21.0 Å². The number of hydrogen-bond donors (Lipinski definition) is 1. The Balaban J connectivity index is 2.15. The molecule has 1 heterocycles. The molecule has 1 aromatic carbocycles. The minimum absolute atomic E-state index is 0.231. The first-order valence-corrected chi connectivity index (χ1v) is 6.92. The summed E-state index contributed by atoms with van der Waals surface area (Å²) in [6, 6.07) is 4.96. The maximum absolute atomic E-state index is 13.6. The van der Waals surface area contributed by atoms with Crippen LogP contribution in [0, 0.1) is 5.82 Å². The van der Waals surface area contributed by atoms with Gasteiger partial charge in [-0.3, -0.25) is 4.68 Å². The van der Waals surface area contributed by atoms with Gasteiger partial charge in [-0.25, -0.2) is 4.39 Å². The zero-order valence-electron chi connectivity index (χ0n) is 10.8. The van der Waals surface area contributed by atoms with E-state index in [4.69, 9.17) is 0 Å². The molecule has 0 bridgehead atoms. The third kappa shape index (κ3) is 3.42. The summed E-state index contributed by atoms with van der Waals surface area (Å²) in [5.74, 6) is -0.307. The number of benzene rings is 1. The van der Waals surface area contributed by atoms with Crippen LogP contribution in [-0.4, -0.2) is 14.9 Å². The second-order valence-electron chi connectivity index (χ2n) is 4.80. The van der Waals surface area contributed by atoms with Crippen LogP contribution in [0.15, 0.2) is 35.1 Å². The van der Waals surface area contributed by atoms with Gasteiger partial charge in [0.15, 0.2) is 0 Å². The first-order valence-electron chi connectivity index (χ1n) is 6.13. The summed E-state index contributed by atoms with van der Waals surface area (Å²) < 4.78 is 16.2. The minimum Gasteiger partial charge on any atom is -0.388 e. The SMILES string of the molecule is CC(C)n1cc(C(O)Cc2cc(Br)ccc2F)cn1. The van der Waals surface area contributed by atoms with Crippen molar-refractivity contribution in [2.24, 2.45) is 0 Å². The van der Waals surface area contributed by atoms with Crippen LogP contribution >= 0.6 is 15.9 Å². The maximum Gasteiger partial charge on any atom is 0.126 e. The van der Waals surface area contributed by atoms with Crippen LogP contribution in [0.3, 0.4) is 0 Å². The summed E-state index contributed by atoms with van der Waals surface area (Å²) in [7, 11) is 0. The highest BCUT2D eigenvalue weighted by atomic mass is 79.9. The number of hydrogen-bond acceptors (Lipinski definition) is 2. The van der Waals surface area contributed by atoms with Gasteiger partial charge >= 0.3 is 0 Å². The number of aliphatic hydroxyl groups is 1. The largest absolute Gasteiger partial charge is 0.388 e. The third-order valence-corrected chi connectivity index (χ3v) is 3.45. The maximum atomic E-state index is 13.6. The molecule has 1 aromatic heterocycles. The van der Waals surface area contributed by atoms with Gasteiger partial charge in [-0.05, 0) is 37.6 Å². The Morgan fingerprint density at radius 3 is 2.79 bits per heavy atom. The summed E-state index contributed by atoms with van der Waals surface area (Å²) in [5, 5.41) is 14.3. The van der Waals surface area contributed by atoms with Crippen LogP contribution in [0.2, 0.25) is 0 Å². The molecule has 2 aromatic rings. The molecule has 0 saturated carbocycles. The van der Waals surface area contributed by atoms with E-state index in [-0.39, 0.29) is 18.3 Å². The van der Waals surface area contributed by atoms with Gasteiger partial charge in [0, 0.05) is 28.7 Å². The highest BCUT2D eigenvalue weighted by molar-refractivity contribution is 9.10. The molecule has 102 valence electrons. The van der Waals surface area contributed by atoms with Gasteiger partial charge in [-0.15, -0.1) is 0 Å². The molecule has 1 atom stereocenters. The standard InChI is InChI=1S/C14H16BrFN2O/c1-9(2)18-8-11(7-17-18)14(19)6-10-5-12(15)3-4-13(10)16/h3-5,7-9,14,19H,6H2,1-2H3. The fraction of sp³-hybridized carbons (Fsp3) is 0.357. The Hall–Kier alpha value is -1.20. The summed E-state index contributed by atoms with van der Waals surface area (Å²) in [6.07, 6.45) is 2.90. The molecule has 0 saturated heterocycles. The average molecular weight is 327 g/mol. The molecule has 0 spiro atoms. The smallest absolute Gasteiger partial charge is 0.126 e. The quantitative estimate of drug-likeness (QED) is 0.931. The van der Waals surface area contributed by atoms with Gasteiger partial charge < -0.3 is 5.11 Å². The second-order valence-corrected chi connectivity index (χ2v) is 5.72. The number of aliphatic hydroxyl groups excluding tert-OH is 1. The number of nitrogens with zero attached hydrogens (tertiary/aromatic N) is 2. The van der Waals surface area contributed by atoms with E-state index >= 15 is 0 Å². The molecule has 0 fully saturated rings. The molecule has 19 heavy (non-hydrogen) atoms. The van der Waals surface area contributed by atoms with Crippen molar-refractivity contribution >= 4 is 15.9 Å². The van der Waals surface area contributed by atoms with Gasteiger partial charge in [0.2, 0.25) is 0 Å². The molecule has 0 radical (unpaired) electrons. The molecule has 0 aliphatic heterocycles. The molecule has 0 aliphatic carbocycles. The van der Waals surface area contributed by atoms with Gasteiger partial charge in [-0.1, -0.05) is 15.9 Å². The average Bonchev–Trinajstić information content (AvgIpc) is 2.83. The summed E-state index contributed by atoms with van der Waals surface area (Å²) in [4.78, 5) is 0. The van der Waals surface area contributed by atoms with Gasteiger partial charge in [0.05, 0.1) is 12.3 Å². The van der Waals surface area contributed by atoms with E-state index in [1.54, 1.807) is 29.2 Å². The van der Waals surface area contributed by atoms with Gasteiger partial charge in [-0.2, -0.15) is 5.10 Å². The van der Waals surface area contributed by atoms with Crippen LogP contribution < -0.4 is 0 Å². The van der Waals surface area contributed by atoms with Crippen LogP contribution in [0.4, 0.5) is 4.39 Å². The van der Waals surface area contributed by atoms with Crippen molar-refractivity contribution in [3.8, 4) is 0 Å². The number of aromatic nitrogens is 2. The lowest BCUT2D eigenvalue weighted by Crippen LogP contribution is -2.04. The summed E-state index contributed by atoms with van der Waals surface area (Å²) in [5.41, 5.74) is 1.19. The lowest BCUT2D eigenvalue weighted by atomic mass is 10.0. The van der Waals surface area contributed by atoms with Crippen molar-refractivity contribution in [1.29, 1.82) is 0 Å². The molecular formula is C14H16BrFN2O. The van der Waals surface area contributed by atoms with E-state index in [0.29, 0.717) is 11.1 Å². The third-order valence-electron chi connectivity index (χ3n) is 2.96. The number of rotatable bonds is 4. The molecule has 5 heteroatoms. The lowest BCUT2D eigenvalue weighted by molar-refractivity contribution is 0.177. The van der Waals surface area contributed by atoms with Crippen LogP contribution in [-0.2, 0) is 6.42 Å². The van der Waals surface area contributed by atoms with E-state index in [0.717, 1.165) is 4.47 Å². The molecule has 1 N–H and O–H groups in total. The summed E-state index contributed by atoms with van der Waals surface area (Å²) in [6.45, 7) is 4.02. The van der Waals surface area contributed by atoms with E-state index in [1.165, 1.54) is 6.07 Å². The van der Waals surface area contributed by atoms with Crippen molar-refractivity contribution in [2.75, 3.05) is 0 Å². The zero-order chi connectivity index (χ0) is 14.0. The highest BCUT2D eigenvalue weighted by Gasteiger charge is 2.14. The topological polar surface area (TPSA) is 38.0 Å². The number of halogens is 2. The zero-order valence-corrected chi connectivity index (χ0v) is 12.4. The van der Waals surface area contributed by atoms with Gasteiger partial charge in [0.25, 0.3) is 0 Å². The highest BCUT2D eigenvalue weighted by Crippen LogP contribution is 2.23. The van der Waals surface area contributed by atoms with Crippen molar-refractivity contribution in [3.63, 3.8) is 0 Å². The van der Waals surface area contributed by atoms with Crippen molar-refractivity contribution in [2.45, 2.75) is 32.4 Å². The van der Waals surface area contributed by atoms with Gasteiger partial charge in [0.1, 0.15) is 5.82 Å². The fourth-order valence-electron chi connectivity index (χ4n) is 1.83. The predicted molar refractivity (Wildman–Crippen MR) is 75.4 cm³/mol. The first-order chi connectivity index (χ1) is 8.97. The fourth-order valence-corrected chi connectivity index (χ4v) is 2.24. The molecule has 1 unspecified atom stereocenters. The normalized spacial score (nSPS) is 12.9. The Bertz CT molecular complexity index is 568. The van der Waals surface area contributed by atoms with Crippen molar-refractivity contribution < 1.29 is 9.50 Å². The van der Waals surface area contributed by atoms with Crippen molar-refractivity contribution in [1.82, 2.24) is 9.78 Å². The lowest BCUT2D eigenvalue weighted by Gasteiger charge is -2.10. The second kappa shape index (κ2) is 5.84. The molecule has 0 aliphatic rings. The van der Waals surface area contributed by atoms with Crippen molar-refractivity contribution in [3.05, 3.63) is 52.0 Å². The van der Waals surface area contributed by atoms with E-state index < -0.39 is 6.10 Å². The molecule has 0 amide bonds. The molecule has 3 nitrogen and oxygen atoms in total. The Morgan fingerprint density at radius 2 is 2.16 bits per heavy atom. The van der Waals surface area contributed by atoms with Crippen LogP contribution in [0.25, 0.3) is 0 Å².